The summed E-state index contributed by atoms with van der Waals surface area (Å²) in [5.41, 5.74) is 3.60. The van der Waals surface area contributed by atoms with Crippen LogP contribution in [0.1, 0.15) is 11.1 Å². The molecule has 4 nitrogen and oxygen atoms in total. The molecule has 2 atom stereocenters. The Morgan fingerprint density at radius 2 is 1.92 bits per heavy atom. The van der Waals surface area contributed by atoms with Crippen molar-refractivity contribution < 1.29 is 9.64 Å². The second kappa shape index (κ2) is 8.94. The van der Waals surface area contributed by atoms with Crippen molar-refractivity contribution >= 4 is 23.0 Å². The largest absolute Gasteiger partial charge is 0.365 e. The number of thiocarbonyl (C=S) groups is 1. The summed E-state index contributed by atoms with van der Waals surface area (Å²) in [7, 11) is 0. The van der Waals surface area contributed by atoms with Gasteiger partial charge in [0.05, 0.1) is 6.61 Å². The average Bonchev–Trinajstić information content (AvgIpc) is 2.63. The summed E-state index contributed by atoms with van der Waals surface area (Å²) in [6, 6.07) is 18.8. The van der Waals surface area contributed by atoms with Gasteiger partial charge in [-0.3, -0.25) is 0 Å². The van der Waals surface area contributed by atoms with Crippen molar-refractivity contribution in [2.24, 2.45) is 0 Å². The van der Waals surface area contributed by atoms with Gasteiger partial charge in [0.2, 0.25) is 0 Å². The first-order valence-electron chi connectivity index (χ1n) is 8.80. The molecule has 0 bridgehead atoms. The molecule has 1 aliphatic heterocycles. The van der Waals surface area contributed by atoms with Crippen LogP contribution in [-0.4, -0.2) is 37.5 Å². The van der Waals surface area contributed by atoms with E-state index in [1.165, 1.54) is 11.1 Å². The Morgan fingerprint density at radius 1 is 1.16 bits per heavy atom. The van der Waals surface area contributed by atoms with Gasteiger partial charge in [-0.15, -0.1) is 0 Å². The first-order chi connectivity index (χ1) is 12.2. The number of aryl methyl sites for hydroxylation is 1. The summed E-state index contributed by atoms with van der Waals surface area (Å²) in [5, 5.41) is 7.20. The van der Waals surface area contributed by atoms with E-state index in [1.807, 2.05) is 18.2 Å². The van der Waals surface area contributed by atoms with Crippen LogP contribution < -0.4 is 15.5 Å². The number of hydrogen-bond donors (Lipinski definition) is 3. The molecule has 2 aromatic carbocycles. The van der Waals surface area contributed by atoms with Gasteiger partial charge in [-0.1, -0.05) is 48.5 Å². The molecule has 3 rings (SSSR count). The minimum Gasteiger partial charge on any atom is -0.365 e. The summed E-state index contributed by atoms with van der Waals surface area (Å²) >= 11 is 5.41. The number of para-hydroxylation sites is 1. The third kappa shape index (κ3) is 5.53. The molecule has 1 aliphatic rings. The topological polar surface area (TPSA) is 37.7 Å². The molecule has 2 aromatic rings. The highest BCUT2D eigenvalue weighted by Crippen LogP contribution is 2.12. The van der Waals surface area contributed by atoms with E-state index in [4.69, 9.17) is 17.0 Å². The van der Waals surface area contributed by atoms with Gasteiger partial charge in [-0.25, -0.2) is 0 Å². The van der Waals surface area contributed by atoms with Crippen molar-refractivity contribution in [3.05, 3.63) is 65.7 Å². The second-order valence-corrected chi connectivity index (χ2v) is 6.92. The molecule has 0 spiro atoms. The van der Waals surface area contributed by atoms with Gasteiger partial charge in [0, 0.05) is 17.8 Å². The summed E-state index contributed by atoms with van der Waals surface area (Å²) in [6.07, 6.45) is 0.184. The monoisotopic (exact) mass is 356 g/mol. The SMILES string of the molecule is Cc1ccccc1NC(=S)NC[C@@H]1C[NH+](Cc2ccccc2)CCO1. The van der Waals surface area contributed by atoms with Crippen LogP contribution >= 0.6 is 12.2 Å². The van der Waals surface area contributed by atoms with Crippen molar-refractivity contribution in [2.75, 3.05) is 31.6 Å². The lowest BCUT2D eigenvalue weighted by molar-refractivity contribution is -0.925. The number of benzene rings is 2. The molecular weight excluding hydrogens is 330 g/mol. The predicted molar refractivity (Wildman–Crippen MR) is 106 cm³/mol. The van der Waals surface area contributed by atoms with Crippen molar-refractivity contribution in [1.29, 1.82) is 0 Å². The van der Waals surface area contributed by atoms with E-state index in [0.29, 0.717) is 5.11 Å². The fourth-order valence-corrected chi connectivity index (χ4v) is 3.31. The molecule has 1 saturated heterocycles. The normalized spacial score (nSPS) is 20.0. The highest BCUT2D eigenvalue weighted by Gasteiger charge is 2.23. The molecule has 132 valence electrons. The lowest BCUT2D eigenvalue weighted by Gasteiger charge is -2.30. The Hall–Kier alpha value is -1.95. The first kappa shape index (κ1) is 17.9. The molecule has 1 heterocycles. The number of anilines is 1. The summed E-state index contributed by atoms with van der Waals surface area (Å²) in [5.74, 6) is 0. The number of ether oxygens (including phenoxy) is 1. The zero-order valence-electron chi connectivity index (χ0n) is 14.6. The maximum Gasteiger partial charge on any atom is 0.170 e. The fourth-order valence-electron chi connectivity index (χ4n) is 3.12. The number of quaternary nitrogens is 1. The van der Waals surface area contributed by atoms with E-state index in [0.717, 1.165) is 38.5 Å². The van der Waals surface area contributed by atoms with E-state index < -0.39 is 0 Å². The third-order valence-electron chi connectivity index (χ3n) is 4.51. The number of rotatable bonds is 5. The van der Waals surface area contributed by atoms with Crippen molar-refractivity contribution in [2.45, 2.75) is 19.6 Å². The standard InChI is InChI=1S/C20H25N3OS/c1-16-7-5-6-10-19(16)22-20(25)21-13-18-15-23(11-12-24-18)14-17-8-3-2-4-9-17/h2-10,18H,11-15H2,1H3,(H2,21,22,25)/p+1/t18-/m1/s1. The number of hydrogen-bond acceptors (Lipinski definition) is 2. The second-order valence-electron chi connectivity index (χ2n) is 6.51. The van der Waals surface area contributed by atoms with E-state index in [-0.39, 0.29) is 6.10 Å². The maximum atomic E-state index is 5.90. The Labute approximate surface area is 155 Å². The van der Waals surface area contributed by atoms with E-state index >= 15 is 0 Å². The lowest BCUT2D eigenvalue weighted by atomic mass is 10.2. The minimum atomic E-state index is 0.184. The quantitative estimate of drug-likeness (QED) is 0.714. The zero-order valence-corrected chi connectivity index (χ0v) is 15.4. The van der Waals surface area contributed by atoms with Gasteiger partial charge in [0.15, 0.2) is 5.11 Å². The fraction of sp³-hybridized carbons (Fsp3) is 0.350. The van der Waals surface area contributed by atoms with E-state index in [2.05, 4.69) is 54.0 Å². The van der Waals surface area contributed by atoms with Crippen molar-refractivity contribution in [1.82, 2.24) is 5.32 Å². The third-order valence-corrected chi connectivity index (χ3v) is 4.75. The molecule has 5 heteroatoms. The van der Waals surface area contributed by atoms with Crippen molar-refractivity contribution in [3.8, 4) is 0 Å². The van der Waals surface area contributed by atoms with Crippen LogP contribution in [0.3, 0.4) is 0 Å². The van der Waals surface area contributed by atoms with Gasteiger partial charge in [0.25, 0.3) is 0 Å². The zero-order chi connectivity index (χ0) is 17.5. The van der Waals surface area contributed by atoms with Crippen LogP contribution in [0, 0.1) is 6.92 Å². The Morgan fingerprint density at radius 3 is 2.72 bits per heavy atom. The first-order valence-corrected chi connectivity index (χ1v) is 9.21. The molecule has 0 aliphatic carbocycles. The number of nitrogens with one attached hydrogen (secondary N) is 3. The maximum absolute atomic E-state index is 5.90. The highest BCUT2D eigenvalue weighted by atomic mass is 32.1. The van der Waals surface area contributed by atoms with Crippen LogP contribution in [0.25, 0.3) is 0 Å². The van der Waals surface area contributed by atoms with Gasteiger partial charge >= 0.3 is 0 Å². The van der Waals surface area contributed by atoms with E-state index in [9.17, 15) is 0 Å². The summed E-state index contributed by atoms with van der Waals surface area (Å²) in [4.78, 5) is 1.56. The van der Waals surface area contributed by atoms with Gasteiger partial charge in [-0.05, 0) is 30.8 Å². The predicted octanol–water partition coefficient (Wildman–Crippen LogP) is 1.77. The lowest BCUT2D eigenvalue weighted by Crippen LogP contribution is -3.13. The summed E-state index contributed by atoms with van der Waals surface area (Å²) < 4.78 is 5.90. The summed E-state index contributed by atoms with van der Waals surface area (Å²) in [6.45, 7) is 6.70. The molecular formula is C20H26N3OS+. The van der Waals surface area contributed by atoms with Crippen LogP contribution in [0.2, 0.25) is 0 Å². The Kier molecular flexibility index (Phi) is 6.39. The van der Waals surface area contributed by atoms with Gasteiger partial charge in [-0.2, -0.15) is 0 Å². The molecule has 0 saturated carbocycles. The van der Waals surface area contributed by atoms with Crippen LogP contribution in [0.5, 0.6) is 0 Å². The van der Waals surface area contributed by atoms with Crippen molar-refractivity contribution in [3.63, 3.8) is 0 Å². The molecule has 0 aromatic heterocycles. The molecule has 25 heavy (non-hydrogen) atoms. The molecule has 0 radical (unpaired) electrons. The van der Waals surface area contributed by atoms with Crippen LogP contribution in [-0.2, 0) is 11.3 Å². The highest BCUT2D eigenvalue weighted by molar-refractivity contribution is 7.80. The molecule has 1 fully saturated rings. The van der Waals surface area contributed by atoms with Gasteiger partial charge in [0.1, 0.15) is 25.7 Å². The Bertz CT molecular complexity index is 692. The molecule has 0 amide bonds. The average molecular weight is 357 g/mol. The minimum absolute atomic E-state index is 0.184. The van der Waals surface area contributed by atoms with Crippen LogP contribution in [0.4, 0.5) is 5.69 Å². The van der Waals surface area contributed by atoms with Crippen LogP contribution in [0.15, 0.2) is 54.6 Å². The van der Waals surface area contributed by atoms with E-state index in [1.54, 1.807) is 4.90 Å². The Balaban J connectivity index is 1.45. The smallest absolute Gasteiger partial charge is 0.170 e. The molecule has 1 unspecified atom stereocenters. The number of morpholine rings is 1. The van der Waals surface area contributed by atoms with Gasteiger partial charge < -0.3 is 20.3 Å². The molecule has 3 N–H and O–H groups in total.